The second kappa shape index (κ2) is 8.61. The molecule has 0 aliphatic carbocycles. The zero-order valence-electron chi connectivity index (χ0n) is 14.4. The lowest BCUT2D eigenvalue weighted by molar-refractivity contribution is 0.104. The van der Waals surface area contributed by atoms with Gasteiger partial charge in [-0.2, -0.15) is 9.78 Å². The minimum Gasteiger partial charge on any atom is -0.381 e. The summed E-state index contributed by atoms with van der Waals surface area (Å²) in [6.07, 6.45) is 3.76. The third-order valence-corrected chi connectivity index (χ3v) is 5.35. The fraction of sp³-hybridized carbons (Fsp3) is 0.444. The molecule has 0 saturated carbocycles. The van der Waals surface area contributed by atoms with Crippen molar-refractivity contribution in [1.29, 1.82) is 0 Å². The van der Waals surface area contributed by atoms with Crippen molar-refractivity contribution in [2.75, 3.05) is 31.2 Å². The van der Waals surface area contributed by atoms with Gasteiger partial charge in [-0.05, 0) is 43.9 Å². The van der Waals surface area contributed by atoms with Crippen molar-refractivity contribution in [2.24, 2.45) is 5.92 Å². The van der Waals surface area contributed by atoms with E-state index in [1.54, 1.807) is 24.4 Å². The largest absolute Gasteiger partial charge is 0.381 e. The highest BCUT2D eigenvalue weighted by Crippen LogP contribution is 2.28. The van der Waals surface area contributed by atoms with E-state index in [-0.39, 0.29) is 5.02 Å². The molecule has 1 unspecified atom stereocenters. The maximum Gasteiger partial charge on any atom is 0.292 e. The van der Waals surface area contributed by atoms with Crippen LogP contribution < -0.4 is 10.5 Å². The van der Waals surface area contributed by atoms with Gasteiger partial charge in [0.2, 0.25) is 0 Å². The van der Waals surface area contributed by atoms with Crippen molar-refractivity contribution in [2.45, 2.75) is 19.8 Å². The van der Waals surface area contributed by atoms with Gasteiger partial charge in [-0.3, -0.25) is 4.79 Å². The number of halogens is 3. The highest BCUT2D eigenvalue weighted by molar-refractivity contribution is 6.36. The molecule has 3 rings (SSSR count). The maximum atomic E-state index is 12.7. The van der Waals surface area contributed by atoms with Crippen molar-refractivity contribution in [3.05, 3.63) is 49.8 Å². The number of anilines is 1. The minimum absolute atomic E-state index is 0.142. The second-order valence-electron chi connectivity index (χ2n) is 6.27. The molecule has 1 aliphatic heterocycles. The Hall–Kier alpha value is -1.27. The molecule has 1 aromatic carbocycles. The number of ether oxygens (including phenoxy) is 1. The Kier molecular flexibility index (Phi) is 6.46. The Morgan fingerprint density at radius 2 is 2.08 bits per heavy atom. The van der Waals surface area contributed by atoms with Gasteiger partial charge in [0.25, 0.3) is 5.56 Å². The van der Waals surface area contributed by atoms with Gasteiger partial charge in [0.15, 0.2) is 0 Å². The van der Waals surface area contributed by atoms with Gasteiger partial charge >= 0.3 is 0 Å². The molecule has 8 heteroatoms. The normalized spacial score (nSPS) is 17.5. The van der Waals surface area contributed by atoms with Gasteiger partial charge in [0, 0.05) is 24.7 Å². The van der Waals surface area contributed by atoms with E-state index >= 15 is 0 Å². The van der Waals surface area contributed by atoms with E-state index in [4.69, 9.17) is 39.5 Å². The molecular weight excluding hydrogens is 397 g/mol. The van der Waals surface area contributed by atoms with Crippen molar-refractivity contribution < 1.29 is 4.74 Å². The molecule has 1 atom stereocenters. The zero-order valence-corrected chi connectivity index (χ0v) is 16.7. The van der Waals surface area contributed by atoms with Gasteiger partial charge in [-0.1, -0.05) is 34.8 Å². The van der Waals surface area contributed by atoms with Crippen LogP contribution in [0, 0.1) is 5.92 Å². The highest BCUT2D eigenvalue weighted by atomic mass is 35.5. The van der Waals surface area contributed by atoms with Crippen LogP contribution in [0.1, 0.15) is 19.8 Å². The minimum atomic E-state index is -0.402. The van der Waals surface area contributed by atoms with Crippen molar-refractivity contribution >= 4 is 40.5 Å². The van der Waals surface area contributed by atoms with Crippen LogP contribution in [0.2, 0.25) is 15.1 Å². The first-order valence-corrected chi connectivity index (χ1v) is 9.70. The summed E-state index contributed by atoms with van der Waals surface area (Å²) in [5.41, 5.74) is 0.696. The summed E-state index contributed by atoms with van der Waals surface area (Å²) in [4.78, 5) is 14.9. The van der Waals surface area contributed by atoms with E-state index in [2.05, 4.69) is 10.00 Å². The number of nitrogens with zero attached hydrogens (tertiary/aromatic N) is 3. The third-order valence-electron chi connectivity index (χ3n) is 4.46. The molecule has 2 heterocycles. The Morgan fingerprint density at radius 1 is 1.27 bits per heavy atom. The van der Waals surface area contributed by atoms with E-state index < -0.39 is 5.56 Å². The Bertz CT molecular complexity index is 841. The summed E-state index contributed by atoms with van der Waals surface area (Å²) >= 11 is 18.5. The van der Waals surface area contributed by atoms with Crippen LogP contribution >= 0.6 is 34.8 Å². The zero-order chi connectivity index (χ0) is 18.7. The van der Waals surface area contributed by atoms with Gasteiger partial charge in [-0.25, -0.2) is 0 Å². The quantitative estimate of drug-likeness (QED) is 0.722. The molecule has 5 nitrogen and oxygen atoms in total. The van der Waals surface area contributed by atoms with Crippen molar-refractivity contribution in [3.63, 3.8) is 0 Å². The predicted molar refractivity (Wildman–Crippen MR) is 106 cm³/mol. The lowest BCUT2D eigenvalue weighted by Gasteiger charge is -2.34. The standard InChI is InChI=1S/C18H20Cl3N3O2/c1-2-26-11-12-4-3-7-23(10-12)16-9-22-24(18(25)17(16)21)15-6-5-13(19)8-14(15)20/h5-6,8-9,12H,2-4,7,10-11H2,1H3. The van der Waals surface area contributed by atoms with E-state index in [1.165, 1.54) is 4.68 Å². The van der Waals surface area contributed by atoms with Crippen LogP contribution in [-0.2, 0) is 4.74 Å². The lowest BCUT2D eigenvalue weighted by Crippen LogP contribution is -2.38. The summed E-state index contributed by atoms with van der Waals surface area (Å²) < 4.78 is 6.74. The van der Waals surface area contributed by atoms with Crippen LogP contribution in [-0.4, -0.2) is 36.1 Å². The number of hydrogen-bond acceptors (Lipinski definition) is 4. The Morgan fingerprint density at radius 3 is 2.81 bits per heavy atom. The van der Waals surface area contributed by atoms with E-state index in [1.807, 2.05) is 6.92 Å². The highest BCUT2D eigenvalue weighted by Gasteiger charge is 2.24. The van der Waals surface area contributed by atoms with Crippen LogP contribution in [0.4, 0.5) is 5.69 Å². The first-order chi connectivity index (χ1) is 12.5. The van der Waals surface area contributed by atoms with E-state index in [9.17, 15) is 4.79 Å². The topological polar surface area (TPSA) is 47.4 Å². The fourth-order valence-corrected chi connectivity index (χ4v) is 3.91. The van der Waals surface area contributed by atoms with Crippen molar-refractivity contribution in [3.8, 4) is 5.69 Å². The maximum absolute atomic E-state index is 12.7. The molecule has 26 heavy (non-hydrogen) atoms. The molecular formula is C18H20Cl3N3O2. The summed E-state index contributed by atoms with van der Waals surface area (Å²) in [5, 5.41) is 5.25. The smallest absolute Gasteiger partial charge is 0.292 e. The van der Waals surface area contributed by atoms with Crippen LogP contribution in [0.5, 0.6) is 0 Å². The van der Waals surface area contributed by atoms with Gasteiger partial charge in [0.05, 0.1) is 29.2 Å². The van der Waals surface area contributed by atoms with Gasteiger partial charge in [-0.15, -0.1) is 0 Å². The van der Waals surface area contributed by atoms with E-state index in [0.29, 0.717) is 33.9 Å². The molecule has 1 aliphatic rings. The first-order valence-electron chi connectivity index (χ1n) is 8.57. The molecule has 0 radical (unpaired) electrons. The molecule has 2 aromatic rings. The Balaban J connectivity index is 1.89. The summed E-state index contributed by atoms with van der Waals surface area (Å²) in [5.74, 6) is 0.424. The molecule has 1 fully saturated rings. The molecule has 1 saturated heterocycles. The molecule has 140 valence electrons. The van der Waals surface area contributed by atoms with Gasteiger partial charge in [0.1, 0.15) is 5.02 Å². The number of piperidine rings is 1. The first kappa shape index (κ1) is 19.5. The average molecular weight is 417 g/mol. The molecule has 0 bridgehead atoms. The Labute approximate surface area is 167 Å². The molecule has 0 N–H and O–H groups in total. The number of hydrogen-bond donors (Lipinski definition) is 0. The number of benzene rings is 1. The molecule has 0 spiro atoms. The average Bonchev–Trinajstić information content (AvgIpc) is 2.63. The monoisotopic (exact) mass is 415 g/mol. The van der Waals surface area contributed by atoms with E-state index in [0.717, 1.165) is 32.5 Å². The predicted octanol–water partition coefficient (Wildman–Crippen LogP) is 4.45. The molecule has 0 amide bonds. The lowest BCUT2D eigenvalue weighted by atomic mass is 9.98. The second-order valence-corrected chi connectivity index (χ2v) is 7.49. The number of aromatic nitrogens is 2. The molecule has 1 aromatic heterocycles. The third kappa shape index (κ3) is 4.17. The summed E-state index contributed by atoms with van der Waals surface area (Å²) in [6, 6.07) is 4.87. The fourth-order valence-electron chi connectivity index (χ4n) is 3.17. The van der Waals surface area contributed by atoms with Crippen LogP contribution in [0.3, 0.4) is 0 Å². The van der Waals surface area contributed by atoms with Gasteiger partial charge < -0.3 is 9.64 Å². The van der Waals surface area contributed by atoms with Crippen molar-refractivity contribution in [1.82, 2.24) is 9.78 Å². The summed E-state index contributed by atoms with van der Waals surface area (Å²) in [7, 11) is 0. The SMILES string of the molecule is CCOCC1CCCN(c2cnn(-c3ccc(Cl)cc3Cl)c(=O)c2Cl)C1. The summed E-state index contributed by atoms with van der Waals surface area (Å²) in [6.45, 7) is 5.05. The van der Waals surface area contributed by atoms with Crippen LogP contribution in [0.15, 0.2) is 29.2 Å². The number of rotatable bonds is 5. The van der Waals surface area contributed by atoms with Crippen LogP contribution in [0.25, 0.3) is 5.69 Å².